The Bertz CT molecular complexity index is 197. The molecule has 0 saturated heterocycles. The molecular weight excluding hydrogens is 405 g/mol. The Hall–Kier alpha value is 1.29. The Labute approximate surface area is 167 Å². The molecular formula is C14H29Cl5N2O2. The maximum Gasteiger partial charge on any atom is 0.0701 e. The molecule has 0 amide bonds. The minimum Gasteiger partial charge on any atom is -0.378 e. The largest absolute Gasteiger partial charge is 0.378 e. The van der Waals surface area contributed by atoms with Crippen molar-refractivity contribution in [2.75, 3.05) is 89.2 Å². The van der Waals surface area contributed by atoms with Gasteiger partial charge in [-0.05, 0) is 0 Å². The molecule has 0 bridgehead atoms. The second kappa shape index (κ2) is 21.3. The van der Waals surface area contributed by atoms with E-state index in [0.717, 1.165) is 39.3 Å². The third-order valence-corrected chi connectivity index (χ3v) is 3.75. The molecule has 142 valence electrons. The summed E-state index contributed by atoms with van der Waals surface area (Å²) < 4.78 is 11.1. The zero-order valence-electron chi connectivity index (χ0n) is 13.5. The van der Waals surface area contributed by atoms with Crippen LogP contribution >= 0.6 is 58.8 Å². The molecule has 23 heavy (non-hydrogen) atoms. The van der Waals surface area contributed by atoms with Crippen LogP contribution < -0.4 is 0 Å². The quantitative estimate of drug-likeness (QED) is 0.260. The fraction of sp³-hybridized carbons (Fsp3) is 1.00. The number of hydrogen-bond acceptors (Lipinski definition) is 4. The van der Waals surface area contributed by atoms with Gasteiger partial charge in [-0.25, -0.2) is 0 Å². The lowest BCUT2D eigenvalue weighted by Crippen LogP contribution is -2.32. The number of halogens is 5. The molecule has 0 aromatic carbocycles. The van der Waals surface area contributed by atoms with E-state index in [-0.39, 0.29) is 12.4 Å². The smallest absolute Gasteiger partial charge is 0.0701 e. The summed E-state index contributed by atoms with van der Waals surface area (Å²) in [5, 5.41) is 0. The maximum atomic E-state index is 5.73. The van der Waals surface area contributed by atoms with Crippen LogP contribution in [0, 0.1) is 0 Å². The van der Waals surface area contributed by atoms with Crippen molar-refractivity contribution in [2.24, 2.45) is 0 Å². The van der Waals surface area contributed by atoms with E-state index in [1.54, 1.807) is 0 Å². The van der Waals surface area contributed by atoms with Gasteiger partial charge < -0.3 is 9.47 Å². The summed E-state index contributed by atoms with van der Waals surface area (Å²) in [6, 6.07) is 0. The van der Waals surface area contributed by atoms with Gasteiger partial charge in [-0.15, -0.1) is 58.8 Å². The van der Waals surface area contributed by atoms with Gasteiger partial charge in [0.05, 0.1) is 26.4 Å². The van der Waals surface area contributed by atoms with Gasteiger partial charge in [0.1, 0.15) is 0 Å². The average molecular weight is 435 g/mol. The molecule has 0 heterocycles. The molecule has 0 aromatic rings. The number of ether oxygens (including phenoxy) is 2. The highest BCUT2D eigenvalue weighted by molar-refractivity contribution is 6.18. The first kappa shape index (κ1) is 26.5. The van der Waals surface area contributed by atoms with Crippen LogP contribution in [0.2, 0.25) is 0 Å². The number of alkyl halides is 4. The highest BCUT2D eigenvalue weighted by Crippen LogP contribution is 1.94. The lowest BCUT2D eigenvalue weighted by Gasteiger charge is -2.20. The first-order valence-corrected chi connectivity index (χ1v) is 9.76. The fourth-order valence-corrected chi connectivity index (χ4v) is 2.81. The van der Waals surface area contributed by atoms with Crippen LogP contribution in [0.15, 0.2) is 0 Å². The van der Waals surface area contributed by atoms with E-state index >= 15 is 0 Å². The van der Waals surface area contributed by atoms with E-state index in [4.69, 9.17) is 55.9 Å². The van der Waals surface area contributed by atoms with Crippen molar-refractivity contribution in [3.8, 4) is 0 Å². The van der Waals surface area contributed by atoms with Gasteiger partial charge in [-0.2, -0.15) is 0 Å². The van der Waals surface area contributed by atoms with Crippen molar-refractivity contribution < 1.29 is 9.47 Å². The van der Waals surface area contributed by atoms with Gasteiger partial charge in [0.25, 0.3) is 0 Å². The van der Waals surface area contributed by atoms with E-state index in [1.807, 2.05) is 0 Å². The minimum atomic E-state index is 0. The predicted molar refractivity (Wildman–Crippen MR) is 105 cm³/mol. The summed E-state index contributed by atoms with van der Waals surface area (Å²) in [6.07, 6.45) is 0. The van der Waals surface area contributed by atoms with Crippen LogP contribution in [-0.2, 0) is 9.47 Å². The highest BCUT2D eigenvalue weighted by atomic mass is 35.5. The van der Waals surface area contributed by atoms with E-state index in [0.29, 0.717) is 49.9 Å². The molecule has 0 aliphatic rings. The molecule has 0 aromatic heterocycles. The summed E-state index contributed by atoms with van der Waals surface area (Å²) in [7, 11) is 0. The Morgan fingerprint density at radius 3 is 1.04 bits per heavy atom. The second-order valence-corrected chi connectivity index (χ2v) is 6.18. The summed E-state index contributed by atoms with van der Waals surface area (Å²) in [5.41, 5.74) is 0. The Kier molecular flexibility index (Phi) is 24.6. The van der Waals surface area contributed by atoms with E-state index in [1.165, 1.54) is 0 Å². The average Bonchev–Trinajstić information content (AvgIpc) is 2.50. The molecule has 0 fully saturated rings. The molecule has 0 rings (SSSR count). The van der Waals surface area contributed by atoms with Crippen molar-refractivity contribution in [3.63, 3.8) is 0 Å². The summed E-state index contributed by atoms with van der Waals surface area (Å²) in [6.45, 7) is 7.58. The third kappa shape index (κ3) is 17.9. The van der Waals surface area contributed by atoms with Gasteiger partial charge >= 0.3 is 0 Å². The first-order chi connectivity index (χ1) is 10.8. The van der Waals surface area contributed by atoms with Crippen LogP contribution in [0.5, 0.6) is 0 Å². The summed E-state index contributed by atoms with van der Waals surface area (Å²) in [4.78, 5) is 4.38. The van der Waals surface area contributed by atoms with Gasteiger partial charge in [0, 0.05) is 62.8 Å². The third-order valence-electron chi connectivity index (χ3n) is 3.08. The topological polar surface area (TPSA) is 24.9 Å². The van der Waals surface area contributed by atoms with Crippen molar-refractivity contribution in [3.05, 3.63) is 0 Å². The number of hydrogen-bond donors (Lipinski definition) is 0. The van der Waals surface area contributed by atoms with Crippen LogP contribution in [-0.4, -0.2) is 99.0 Å². The van der Waals surface area contributed by atoms with Crippen molar-refractivity contribution in [2.45, 2.75) is 0 Å². The number of rotatable bonds is 17. The van der Waals surface area contributed by atoms with Crippen molar-refractivity contribution in [1.29, 1.82) is 0 Å². The summed E-state index contributed by atoms with van der Waals surface area (Å²) in [5.74, 6) is 2.45. The molecule has 0 aliphatic heterocycles. The lowest BCUT2D eigenvalue weighted by molar-refractivity contribution is 0.0330. The zero-order valence-corrected chi connectivity index (χ0v) is 17.4. The molecule has 0 atom stereocenters. The minimum absolute atomic E-state index is 0. The van der Waals surface area contributed by atoms with Crippen LogP contribution in [0.3, 0.4) is 0 Å². The molecule has 0 N–H and O–H groups in total. The Morgan fingerprint density at radius 1 is 0.478 bits per heavy atom. The highest BCUT2D eigenvalue weighted by Gasteiger charge is 2.04. The van der Waals surface area contributed by atoms with Crippen molar-refractivity contribution >= 4 is 58.8 Å². The van der Waals surface area contributed by atoms with Gasteiger partial charge in [-0.3, -0.25) is 9.80 Å². The molecule has 9 heteroatoms. The van der Waals surface area contributed by atoms with E-state index in [2.05, 4.69) is 9.80 Å². The molecule has 0 saturated carbocycles. The Morgan fingerprint density at radius 2 is 0.783 bits per heavy atom. The molecule has 0 radical (unpaired) electrons. The van der Waals surface area contributed by atoms with E-state index < -0.39 is 0 Å². The molecule has 0 aliphatic carbocycles. The first-order valence-electron chi connectivity index (χ1n) is 7.62. The van der Waals surface area contributed by atoms with Gasteiger partial charge in [-0.1, -0.05) is 0 Å². The van der Waals surface area contributed by atoms with Gasteiger partial charge in [0.15, 0.2) is 0 Å². The molecule has 4 nitrogen and oxygen atoms in total. The normalized spacial score (nSPS) is 11.2. The lowest BCUT2D eigenvalue weighted by atomic mass is 10.5. The van der Waals surface area contributed by atoms with E-state index in [9.17, 15) is 0 Å². The fourth-order valence-electron chi connectivity index (χ4n) is 1.86. The SMILES string of the molecule is Cl.ClCCN(CCCl)CCOCCOCCN(CCCl)CCCl. The zero-order chi connectivity index (χ0) is 16.5. The maximum absolute atomic E-state index is 5.73. The predicted octanol–water partition coefficient (Wildman–Crippen LogP) is 3.00. The van der Waals surface area contributed by atoms with Crippen LogP contribution in [0.1, 0.15) is 0 Å². The molecule has 0 unspecified atom stereocenters. The Balaban J connectivity index is 0. The second-order valence-electron chi connectivity index (χ2n) is 4.66. The van der Waals surface area contributed by atoms with Gasteiger partial charge in [0.2, 0.25) is 0 Å². The summed E-state index contributed by atoms with van der Waals surface area (Å²) >= 11 is 22.9. The monoisotopic (exact) mass is 432 g/mol. The standard InChI is InChI=1S/C14H28Cl4N2O2.ClH/c15-1-5-19(6-2-16)9-11-21-13-14-22-12-10-20(7-3-17)8-4-18;/h1-14H2;1H. The molecule has 0 spiro atoms. The van der Waals surface area contributed by atoms with Crippen LogP contribution in [0.25, 0.3) is 0 Å². The van der Waals surface area contributed by atoms with Crippen LogP contribution in [0.4, 0.5) is 0 Å². The number of nitrogens with zero attached hydrogens (tertiary/aromatic N) is 2. The van der Waals surface area contributed by atoms with Crippen molar-refractivity contribution in [1.82, 2.24) is 9.80 Å².